The first-order chi connectivity index (χ1) is 9.70. The summed E-state index contributed by atoms with van der Waals surface area (Å²) < 4.78 is 14.1. The van der Waals surface area contributed by atoms with Gasteiger partial charge in [0.15, 0.2) is 5.78 Å². The second kappa shape index (κ2) is 5.44. The van der Waals surface area contributed by atoms with Crippen molar-refractivity contribution >= 4 is 5.78 Å². The van der Waals surface area contributed by atoms with Crippen molar-refractivity contribution in [3.05, 3.63) is 70.0 Å². The van der Waals surface area contributed by atoms with Crippen molar-refractivity contribution < 1.29 is 9.18 Å². The Morgan fingerprint density at radius 1 is 1.00 bits per heavy atom. The molecule has 2 aromatic rings. The topological polar surface area (TPSA) is 17.1 Å². The van der Waals surface area contributed by atoms with Crippen LogP contribution in [0.1, 0.15) is 53.4 Å². The molecule has 0 N–H and O–H groups in total. The maximum Gasteiger partial charge on any atom is 0.196 e. The van der Waals surface area contributed by atoms with Gasteiger partial charge in [-0.3, -0.25) is 4.79 Å². The summed E-state index contributed by atoms with van der Waals surface area (Å²) >= 11 is 0. The molecule has 0 saturated heterocycles. The van der Waals surface area contributed by atoms with Crippen molar-refractivity contribution in [3.8, 4) is 0 Å². The van der Waals surface area contributed by atoms with Crippen LogP contribution >= 0.6 is 0 Å². The lowest BCUT2D eigenvalue weighted by Gasteiger charge is -2.19. The number of benzene rings is 2. The maximum absolute atomic E-state index is 14.1. The third-order valence-electron chi connectivity index (χ3n) is 3.67. The average Bonchev–Trinajstić information content (AvgIpc) is 2.36. The summed E-state index contributed by atoms with van der Waals surface area (Å²) in [5, 5.41) is 0. The van der Waals surface area contributed by atoms with Gasteiger partial charge in [-0.2, -0.15) is 0 Å². The van der Waals surface area contributed by atoms with Crippen LogP contribution in [-0.2, 0) is 5.41 Å². The zero-order valence-electron chi connectivity index (χ0n) is 13.3. The number of aryl methyl sites for hydroxylation is 2. The fourth-order valence-electron chi connectivity index (χ4n) is 2.47. The molecule has 0 aromatic heterocycles. The zero-order valence-corrected chi connectivity index (χ0v) is 13.3. The van der Waals surface area contributed by atoms with E-state index in [-0.39, 0.29) is 16.8 Å². The number of ketones is 1. The van der Waals surface area contributed by atoms with Crippen molar-refractivity contribution in [2.24, 2.45) is 0 Å². The Kier molecular flexibility index (Phi) is 3.99. The number of hydrogen-bond donors (Lipinski definition) is 0. The Morgan fingerprint density at radius 2 is 1.57 bits per heavy atom. The summed E-state index contributed by atoms with van der Waals surface area (Å²) in [6.07, 6.45) is 0. The molecule has 21 heavy (non-hydrogen) atoms. The van der Waals surface area contributed by atoms with Gasteiger partial charge in [0.05, 0.1) is 5.56 Å². The molecule has 0 heterocycles. The summed E-state index contributed by atoms with van der Waals surface area (Å²) in [5.74, 6) is -0.706. The highest BCUT2D eigenvalue weighted by atomic mass is 19.1. The van der Waals surface area contributed by atoms with Gasteiger partial charge in [-0.05, 0) is 42.0 Å². The first kappa shape index (κ1) is 15.4. The fourth-order valence-corrected chi connectivity index (χ4v) is 2.47. The Labute approximate surface area is 125 Å². The van der Waals surface area contributed by atoms with Crippen LogP contribution in [0.3, 0.4) is 0 Å². The van der Waals surface area contributed by atoms with Crippen molar-refractivity contribution in [1.82, 2.24) is 0 Å². The fraction of sp³-hybridized carbons (Fsp3) is 0.316. The van der Waals surface area contributed by atoms with Gasteiger partial charge in [0.2, 0.25) is 0 Å². The quantitative estimate of drug-likeness (QED) is 0.711. The molecule has 0 unspecified atom stereocenters. The van der Waals surface area contributed by atoms with E-state index in [4.69, 9.17) is 0 Å². The number of hydrogen-bond acceptors (Lipinski definition) is 1. The summed E-state index contributed by atoms with van der Waals surface area (Å²) in [4.78, 5) is 12.5. The lowest BCUT2D eigenvalue weighted by atomic mass is 9.86. The molecule has 1 nitrogen and oxygen atoms in total. The summed E-state index contributed by atoms with van der Waals surface area (Å²) in [6.45, 7) is 9.95. The molecule has 0 amide bonds. The standard InChI is InChI=1S/C19H21FO/c1-12-10-13(2)17(16(20)11-12)18(21)14-6-8-15(9-7-14)19(3,4)5/h6-11H,1-5H3. The van der Waals surface area contributed by atoms with Gasteiger partial charge in [-0.25, -0.2) is 4.39 Å². The van der Waals surface area contributed by atoms with Gasteiger partial charge in [0.25, 0.3) is 0 Å². The van der Waals surface area contributed by atoms with Crippen LogP contribution in [0.25, 0.3) is 0 Å². The van der Waals surface area contributed by atoms with E-state index in [0.29, 0.717) is 11.1 Å². The van der Waals surface area contributed by atoms with E-state index < -0.39 is 5.82 Å². The minimum atomic E-state index is -0.447. The predicted octanol–water partition coefficient (Wildman–Crippen LogP) is 4.97. The van der Waals surface area contributed by atoms with Gasteiger partial charge < -0.3 is 0 Å². The number of carbonyl (C=O) groups is 1. The van der Waals surface area contributed by atoms with E-state index in [0.717, 1.165) is 11.1 Å². The molecule has 0 fully saturated rings. The van der Waals surface area contributed by atoms with Gasteiger partial charge in [0.1, 0.15) is 5.82 Å². The molecule has 0 atom stereocenters. The molecule has 0 saturated carbocycles. The Hall–Kier alpha value is -1.96. The van der Waals surface area contributed by atoms with Gasteiger partial charge in [-0.1, -0.05) is 51.1 Å². The van der Waals surface area contributed by atoms with Gasteiger partial charge >= 0.3 is 0 Å². The minimum absolute atomic E-state index is 0.0343. The van der Waals surface area contributed by atoms with Crippen LogP contribution in [0, 0.1) is 19.7 Å². The predicted molar refractivity (Wildman–Crippen MR) is 84.4 cm³/mol. The van der Waals surface area contributed by atoms with Crippen molar-refractivity contribution in [2.45, 2.75) is 40.0 Å². The maximum atomic E-state index is 14.1. The molecular formula is C19H21FO. The summed E-state index contributed by atoms with van der Waals surface area (Å²) in [7, 11) is 0. The first-order valence-corrected chi connectivity index (χ1v) is 7.12. The number of carbonyl (C=O) groups excluding carboxylic acids is 1. The van der Waals surface area contributed by atoms with Crippen LogP contribution in [0.15, 0.2) is 36.4 Å². The van der Waals surface area contributed by atoms with E-state index in [9.17, 15) is 9.18 Å². The van der Waals surface area contributed by atoms with E-state index in [1.807, 2.05) is 25.1 Å². The average molecular weight is 284 g/mol. The molecule has 0 aliphatic rings. The number of halogens is 1. The number of rotatable bonds is 2. The highest BCUT2D eigenvalue weighted by molar-refractivity contribution is 6.10. The smallest absolute Gasteiger partial charge is 0.196 e. The highest BCUT2D eigenvalue weighted by Gasteiger charge is 2.19. The lowest BCUT2D eigenvalue weighted by Crippen LogP contribution is -2.12. The Morgan fingerprint density at radius 3 is 2.05 bits per heavy atom. The SMILES string of the molecule is Cc1cc(C)c(C(=O)c2ccc(C(C)(C)C)cc2)c(F)c1. The van der Waals surface area contributed by atoms with E-state index >= 15 is 0 Å². The van der Waals surface area contributed by atoms with Crippen LogP contribution in [-0.4, -0.2) is 5.78 Å². The summed E-state index contributed by atoms with van der Waals surface area (Å²) in [5.41, 5.74) is 3.38. The molecule has 2 aromatic carbocycles. The third kappa shape index (κ3) is 3.21. The van der Waals surface area contributed by atoms with Gasteiger partial charge in [0, 0.05) is 5.56 Å². The third-order valence-corrected chi connectivity index (χ3v) is 3.67. The largest absolute Gasteiger partial charge is 0.288 e. The monoisotopic (exact) mass is 284 g/mol. The Balaban J connectivity index is 2.42. The van der Waals surface area contributed by atoms with Crippen LogP contribution in [0.4, 0.5) is 4.39 Å². The lowest BCUT2D eigenvalue weighted by molar-refractivity contribution is 0.103. The molecule has 0 radical (unpaired) electrons. The highest BCUT2D eigenvalue weighted by Crippen LogP contribution is 2.24. The first-order valence-electron chi connectivity index (χ1n) is 7.12. The van der Waals surface area contributed by atoms with E-state index in [1.165, 1.54) is 6.07 Å². The molecule has 110 valence electrons. The molecule has 0 aliphatic heterocycles. The van der Waals surface area contributed by atoms with E-state index in [1.54, 1.807) is 19.1 Å². The normalized spacial score (nSPS) is 11.5. The molecule has 0 bridgehead atoms. The minimum Gasteiger partial charge on any atom is -0.288 e. The van der Waals surface area contributed by atoms with Crippen molar-refractivity contribution in [3.63, 3.8) is 0 Å². The van der Waals surface area contributed by atoms with Gasteiger partial charge in [-0.15, -0.1) is 0 Å². The second-order valence-corrected chi connectivity index (χ2v) is 6.60. The van der Waals surface area contributed by atoms with E-state index in [2.05, 4.69) is 20.8 Å². The second-order valence-electron chi connectivity index (χ2n) is 6.60. The van der Waals surface area contributed by atoms with Crippen LogP contribution in [0.5, 0.6) is 0 Å². The molecule has 2 heteroatoms. The zero-order chi connectivity index (χ0) is 15.8. The summed E-state index contributed by atoms with van der Waals surface area (Å²) in [6, 6.07) is 10.7. The molecule has 0 aliphatic carbocycles. The van der Waals surface area contributed by atoms with Crippen molar-refractivity contribution in [1.29, 1.82) is 0 Å². The van der Waals surface area contributed by atoms with Crippen molar-refractivity contribution in [2.75, 3.05) is 0 Å². The Bertz CT molecular complexity index is 653. The molecular weight excluding hydrogens is 263 g/mol. The van der Waals surface area contributed by atoms with Crippen LogP contribution in [0.2, 0.25) is 0 Å². The molecule has 0 spiro atoms. The molecule has 2 rings (SSSR count). The van der Waals surface area contributed by atoms with Crippen LogP contribution < -0.4 is 0 Å².